The van der Waals surface area contributed by atoms with Crippen molar-refractivity contribution in [1.82, 2.24) is 9.80 Å². The molecule has 0 aliphatic carbocycles. The number of piperazine rings is 1. The Kier molecular flexibility index (Phi) is 5.49. The van der Waals surface area contributed by atoms with E-state index in [1.54, 1.807) is 11.8 Å². The normalized spacial score (nSPS) is 17.1. The molecule has 0 aromatic heterocycles. The number of hydrogen-bond donors (Lipinski definition) is 1. The van der Waals surface area contributed by atoms with Crippen LogP contribution in [0.4, 0.5) is 8.78 Å². The van der Waals surface area contributed by atoms with Crippen LogP contribution in [0.15, 0.2) is 24.3 Å². The highest BCUT2D eigenvalue weighted by Gasteiger charge is 2.26. The summed E-state index contributed by atoms with van der Waals surface area (Å²) in [7, 11) is 0. The standard InChI is InChI=1S/C15H19F2N3O3/c1-10(13(18)21)19-6-8-20(9-7-19)14(22)11-2-4-12(5-3-11)23-15(16)17/h2-5,10,15H,6-9H2,1H3,(H2,18,21). The Labute approximate surface area is 132 Å². The van der Waals surface area contributed by atoms with Crippen LogP contribution in [-0.2, 0) is 4.79 Å². The molecule has 2 rings (SSSR count). The molecular formula is C15H19F2N3O3. The average molecular weight is 327 g/mol. The Morgan fingerprint density at radius 3 is 2.17 bits per heavy atom. The fraction of sp³-hybridized carbons (Fsp3) is 0.467. The van der Waals surface area contributed by atoms with E-state index < -0.39 is 6.61 Å². The summed E-state index contributed by atoms with van der Waals surface area (Å²) in [6, 6.07) is 5.23. The van der Waals surface area contributed by atoms with Gasteiger partial charge in [0.05, 0.1) is 6.04 Å². The van der Waals surface area contributed by atoms with Crippen LogP contribution in [0.2, 0.25) is 0 Å². The van der Waals surface area contributed by atoms with E-state index in [9.17, 15) is 18.4 Å². The number of primary amides is 1. The molecule has 1 aromatic rings. The zero-order chi connectivity index (χ0) is 17.0. The lowest BCUT2D eigenvalue weighted by Crippen LogP contribution is -2.54. The van der Waals surface area contributed by atoms with Gasteiger partial charge in [0.2, 0.25) is 5.91 Å². The molecule has 1 aromatic carbocycles. The van der Waals surface area contributed by atoms with Crippen molar-refractivity contribution in [1.29, 1.82) is 0 Å². The van der Waals surface area contributed by atoms with Crippen molar-refractivity contribution >= 4 is 11.8 Å². The number of ether oxygens (including phenoxy) is 1. The smallest absolute Gasteiger partial charge is 0.387 e. The van der Waals surface area contributed by atoms with Crippen molar-refractivity contribution in [3.05, 3.63) is 29.8 Å². The second kappa shape index (κ2) is 7.36. The summed E-state index contributed by atoms with van der Waals surface area (Å²) in [5.41, 5.74) is 5.68. The lowest BCUT2D eigenvalue weighted by atomic mass is 10.1. The van der Waals surface area contributed by atoms with Crippen LogP contribution < -0.4 is 10.5 Å². The van der Waals surface area contributed by atoms with Crippen LogP contribution in [0.1, 0.15) is 17.3 Å². The van der Waals surface area contributed by atoms with Gasteiger partial charge in [-0.3, -0.25) is 14.5 Å². The number of rotatable bonds is 5. The highest BCUT2D eigenvalue weighted by atomic mass is 19.3. The van der Waals surface area contributed by atoms with E-state index in [0.29, 0.717) is 31.7 Å². The predicted molar refractivity (Wildman–Crippen MR) is 79.2 cm³/mol. The van der Waals surface area contributed by atoms with E-state index in [1.165, 1.54) is 24.3 Å². The van der Waals surface area contributed by atoms with E-state index >= 15 is 0 Å². The highest BCUT2D eigenvalue weighted by molar-refractivity contribution is 5.94. The minimum atomic E-state index is -2.89. The van der Waals surface area contributed by atoms with Gasteiger partial charge in [0.25, 0.3) is 5.91 Å². The quantitative estimate of drug-likeness (QED) is 0.872. The molecule has 8 heteroatoms. The van der Waals surface area contributed by atoms with Crippen molar-refractivity contribution < 1.29 is 23.1 Å². The fourth-order valence-electron chi connectivity index (χ4n) is 2.45. The second-order valence-electron chi connectivity index (χ2n) is 5.31. The Balaban J connectivity index is 1.93. The van der Waals surface area contributed by atoms with Gasteiger partial charge in [-0.15, -0.1) is 0 Å². The molecule has 1 atom stereocenters. The van der Waals surface area contributed by atoms with Gasteiger partial charge in [-0.2, -0.15) is 8.78 Å². The summed E-state index contributed by atoms with van der Waals surface area (Å²) in [4.78, 5) is 27.1. The van der Waals surface area contributed by atoms with Gasteiger partial charge < -0.3 is 15.4 Å². The van der Waals surface area contributed by atoms with Gasteiger partial charge in [-0.05, 0) is 31.2 Å². The maximum absolute atomic E-state index is 12.4. The van der Waals surface area contributed by atoms with Gasteiger partial charge in [-0.1, -0.05) is 0 Å². The van der Waals surface area contributed by atoms with E-state index in [2.05, 4.69) is 4.74 Å². The number of nitrogens with two attached hydrogens (primary N) is 1. The van der Waals surface area contributed by atoms with Crippen LogP contribution in [-0.4, -0.2) is 60.4 Å². The van der Waals surface area contributed by atoms with Crippen LogP contribution in [0.25, 0.3) is 0 Å². The molecule has 0 bridgehead atoms. The highest BCUT2D eigenvalue weighted by Crippen LogP contribution is 2.17. The number of nitrogens with zero attached hydrogens (tertiary/aromatic N) is 2. The summed E-state index contributed by atoms with van der Waals surface area (Å²) in [6.07, 6.45) is 0. The van der Waals surface area contributed by atoms with E-state index in [0.717, 1.165) is 0 Å². The molecular weight excluding hydrogens is 308 g/mol. The molecule has 1 aliphatic heterocycles. The van der Waals surface area contributed by atoms with Crippen molar-refractivity contribution in [3.8, 4) is 5.75 Å². The molecule has 1 unspecified atom stereocenters. The number of carbonyl (C=O) groups is 2. The minimum Gasteiger partial charge on any atom is -0.435 e. The number of amides is 2. The fourth-order valence-corrected chi connectivity index (χ4v) is 2.45. The molecule has 0 radical (unpaired) electrons. The molecule has 1 aliphatic rings. The van der Waals surface area contributed by atoms with Crippen molar-refractivity contribution in [3.63, 3.8) is 0 Å². The monoisotopic (exact) mass is 327 g/mol. The molecule has 6 nitrogen and oxygen atoms in total. The number of halogens is 2. The molecule has 126 valence electrons. The summed E-state index contributed by atoms with van der Waals surface area (Å²) in [6.45, 7) is 0.918. The summed E-state index contributed by atoms with van der Waals surface area (Å²) >= 11 is 0. The Bertz CT molecular complexity index is 558. The molecule has 1 fully saturated rings. The lowest BCUT2D eigenvalue weighted by Gasteiger charge is -2.37. The van der Waals surface area contributed by atoms with Crippen LogP contribution in [0.5, 0.6) is 5.75 Å². The van der Waals surface area contributed by atoms with Crippen LogP contribution >= 0.6 is 0 Å². The first-order valence-corrected chi connectivity index (χ1v) is 7.26. The van der Waals surface area contributed by atoms with Gasteiger partial charge in [0.15, 0.2) is 0 Å². The van der Waals surface area contributed by atoms with Gasteiger partial charge in [0.1, 0.15) is 5.75 Å². The van der Waals surface area contributed by atoms with Gasteiger partial charge in [-0.25, -0.2) is 0 Å². The van der Waals surface area contributed by atoms with E-state index in [4.69, 9.17) is 5.73 Å². The largest absolute Gasteiger partial charge is 0.435 e. The van der Waals surface area contributed by atoms with E-state index in [1.807, 2.05) is 4.90 Å². The minimum absolute atomic E-state index is 0.0108. The average Bonchev–Trinajstić information content (AvgIpc) is 2.53. The van der Waals surface area contributed by atoms with Crippen molar-refractivity contribution in [2.45, 2.75) is 19.6 Å². The zero-order valence-corrected chi connectivity index (χ0v) is 12.7. The molecule has 2 amide bonds. The van der Waals surface area contributed by atoms with Crippen molar-refractivity contribution in [2.75, 3.05) is 26.2 Å². The molecule has 0 spiro atoms. The zero-order valence-electron chi connectivity index (χ0n) is 12.7. The van der Waals surface area contributed by atoms with Crippen LogP contribution in [0, 0.1) is 0 Å². The maximum Gasteiger partial charge on any atom is 0.387 e. The summed E-state index contributed by atoms with van der Waals surface area (Å²) < 4.78 is 28.4. The Hall–Kier alpha value is -2.22. The first kappa shape index (κ1) is 17.1. The first-order valence-electron chi connectivity index (χ1n) is 7.26. The summed E-state index contributed by atoms with van der Waals surface area (Å²) in [5, 5.41) is 0. The number of hydrogen-bond acceptors (Lipinski definition) is 4. The topological polar surface area (TPSA) is 75.9 Å². The second-order valence-corrected chi connectivity index (χ2v) is 5.31. The molecule has 0 saturated carbocycles. The third-order valence-electron chi connectivity index (χ3n) is 3.89. The molecule has 1 heterocycles. The lowest BCUT2D eigenvalue weighted by molar-refractivity contribution is -0.123. The number of carbonyl (C=O) groups excluding carboxylic acids is 2. The SMILES string of the molecule is CC(C(N)=O)N1CCN(C(=O)c2ccc(OC(F)F)cc2)CC1. The number of alkyl halides is 2. The Morgan fingerprint density at radius 2 is 1.70 bits per heavy atom. The van der Waals surface area contributed by atoms with Gasteiger partial charge >= 0.3 is 6.61 Å². The number of benzene rings is 1. The van der Waals surface area contributed by atoms with Crippen molar-refractivity contribution in [2.24, 2.45) is 5.73 Å². The Morgan fingerprint density at radius 1 is 1.13 bits per heavy atom. The van der Waals surface area contributed by atoms with E-state index in [-0.39, 0.29) is 23.6 Å². The molecule has 1 saturated heterocycles. The van der Waals surface area contributed by atoms with Crippen LogP contribution in [0.3, 0.4) is 0 Å². The summed E-state index contributed by atoms with van der Waals surface area (Å²) in [5.74, 6) is -0.559. The third kappa shape index (κ3) is 4.38. The maximum atomic E-state index is 12.4. The molecule has 2 N–H and O–H groups in total. The molecule has 23 heavy (non-hydrogen) atoms. The van der Waals surface area contributed by atoms with Gasteiger partial charge in [0, 0.05) is 31.7 Å². The predicted octanol–water partition coefficient (Wildman–Crippen LogP) is 0.920. The first-order chi connectivity index (χ1) is 10.9. The third-order valence-corrected chi connectivity index (χ3v) is 3.89.